The Bertz CT molecular complexity index is 737. The molecule has 124 valence electrons. The molecule has 4 nitrogen and oxygen atoms in total. The number of hydrogen-bond acceptors (Lipinski definition) is 3. The number of amides is 1. The van der Waals surface area contributed by atoms with E-state index >= 15 is 0 Å². The van der Waals surface area contributed by atoms with Gasteiger partial charge < -0.3 is 10.1 Å². The summed E-state index contributed by atoms with van der Waals surface area (Å²) in [5, 5.41) is 11.4. The normalized spacial score (nSPS) is 10.8. The van der Waals surface area contributed by atoms with Crippen LogP contribution in [0.4, 0.5) is 5.69 Å². The van der Waals surface area contributed by atoms with Gasteiger partial charge in [-0.25, -0.2) is 0 Å². The van der Waals surface area contributed by atoms with Crippen molar-refractivity contribution in [2.75, 3.05) is 11.9 Å². The van der Waals surface area contributed by atoms with E-state index in [1.807, 2.05) is 36.4 Å². The van der Waals surface area contributed by atoms with Gasteiger partial charge in [0.1, 0.15) is 5.75 Å². The molecule has 0 fully saturated rings. The third-order valence-corrected chi connectivity index (χ3v) is 3.57. The van der Waals surface area contributed by atoms with Crippen LogP contribution in [0.5, 0.6) is 5.75 Å². The lowest BCUT2D eigenvalue weighted by molar-refractivity contribution is -0.118. The Morgan fingerprint density at radius 1 is 1.12 bits per heavy atom. The first-order chi connectivity index (χ1) is 11.4. The summed E-state index contributed by atoms with van der Waals surface area (Å²) in [7, 11) is 0. The molecule has 0 aliphatic rings. The number of ether oxygens (including phenoxy) is 1. The van der Waals surface area contributed by atoms with Crippen LogP contribution < -0.4 is 10.1 Å². The second-order valence-corrected chi connectivity index (χ2v) is 6.61. The number of carbonyl (C=O) groups is 1. The van der Waals surface area contributed by atoms with Gasteiger partial charge >= 0.3 is 0 Å². The fourth-order valence-corrected chi connectivity index (χ4v) is 2.35. The van der Waals surface area contributed by atoms with Crippen molar-refractivity contribution in [1.82, 2.24) is 0 Å². The van der Waals surface area contributed by atoms with Crippen molar-refractivity contribution in [2.45, 2.75) is 32.6 Å². The van der Waals surface area contributed by atoms with E-state index in [0.29, 0.717) is 12.1 Å². The van der Waals surface area contributed by atoms with Gasteiger partial charge in [0, 0.05) is 5.69 Å². The number of anilines is 1. The van der Waals surface area contributed by atoms with E-state index in [0.717, 1.165) is 16.9 Å². The van der Waals surface area contributed by atoms with Crippen molar-refractivity contribution in [2.24, 2.45) is 0 Å². The molecule has 2 aromatic rings. The lowest BCUT2D eigenvalue weighted by Gasteiger charge is -2.22. The molecule has 0 radical (unpaired) electrons. The number of rotatable bonds is 5. The van der Waals surface area contributed by atoms with Crippen LogP contribution in [0.15, 0.2) is 48.5 Å². The van der Waals surface area contributed by atoms with Crippen molar-refractivity contribution in [3.8, 4) is 11.8 Å². The maximum Gasteiger partial charge on any atom is 0.262 e. The summed E-state index contributed by atoms with van der Waals surface area (Å²) in [4.78, 5) is 12.1. The first-order valence-electron chi connectivity index (χ1n) is 7.88. The Balaban J connectivity index is 1.96. The summed E-state index contributed by atoms with van der Waals surface area (Å²) in [5.74, 6) is 0.510. The van der Waals surface area contributed by atoms with E-state index in [1.54, 1.807) is 12.1 Å². The van der Waals surface area contributed by atoms with Crippen molar-refractivity contribution in [1.29, 1.82) is 5.26 Å². The van der Waals surface area contributed by atoms with Gasteiger partial charge in [-0.1, -0.05) is 51.1 Å². The maximum atomic E-state index is 12.1. The number of nitrogens with zero attached hydrogens (tertiary/aromatic N) is 1. The summed E-state index contributed by atoms with van der Waals surface area (Å²) >= 11 is 0. The average molecular weight is 322 g/mol. The van der Waals surface area contributed by atoms with Crippen LogP contribution in [0.2, 0.25) is 0 Å². The molecule has 0 heterocycles. The molecule has 4 heteroatoms. The second-order valence-electron chi connectivity index (χ2n) is 6.61. The predicted octanol–water partition coefficient (Wildman–Crippen LogP) is 4.07. The standard InChI is InChI=1S/C20H22N2O2/c1-20(2,3)17-6-4-5-7-18(17)24-14-19(23)22-16-10-8-15(9-11-16)12-13-21/h4-11H,12,14H2,1-3H3,(H,22,23). The largest absolute Gasteiger partial charge is 0.483 e. The molecule has 0 aromatic heterocycles. The van der Waals surface area contributed by atoms with Gasteiger partial charge in [0.05, 0.1) is 12.5 Å². The van der Waals surface area contributed by atoms with Gasteiger partial charge in [0.15, 0.2) is 6.61 Å². The fourth-order valence-electron chi connectivity index (χ4n) is 2.35. The Hall–Kier alpha value is -2.80. The minimum absolute atomic E-state index is 0.0486. The molecule has 24 heavy (non-hydrogen) atoms. The van der Waals surface area contributed by atoms with Crippen LogP contribution >= 0.6 is 0 Å². The smallest absolute Gasteiger partial charge is 0.262 e. The third kappa shape index (κ3) is 4.85. The highest BCUT2D eigenvalue weighted by Crippen LogP contribution is 2.30. The van der Waals surface area contributed by atoms with E-state index in [1.165, 1.54) is 0 Å². The van der Waals surface area contributed by atoms with Gasteiger partial charge in [-0.2, -0.15) is 5.26 Å². The molecule has 0 aliphatic heterocycles. The highest BCUT2D eigenvalue weighted by molar-refractivity contribution is 5.91. The summed E-state index contributed by atoms with van der Waals surface area (Å²) in [6, 6.07) is 17.1. The number of benzene rings is 2. The van der Waals surface area contributed by atoms with Crippen LogP contribution in [0.3, 0.4) is 0 Å². The van der Waals surface area contributed by atoms with Gasteiger partial charge in [-0.15, -0.1) is 0 Å². The highest BCUT2D eigenvalue weighted by Gasteiger charge is 2.18. The zero-order chi connectivity index (χ0) is 17.6. The van der Waals surface area contributed by atoms with Crippen LogP contribution in [0.1, 0.15) is 31.9 Å². The molecule has 0 bridgehead atoms. The predicted molar refractivity (Wildman–Crippen MR) is 95.0 cm³/mol. The monoisotopic (exact) mass is 322 g/mol. The molecule has 0 spiro atoms. The number of para-hydroxylation sites is 1. The number of nitrogens with one attached hydrogen (secondary N) is 1. The summed E-state index contributed by atoms with van der Waals surface area (Å²) in [6.45, 7) is 6.28. The summed E-state index contributed by atoms with van der Waals surface area (Å²) in [5.41, 5.74) is 2.63. The van der Waals surface area contributed by atoms with Crippen molar-refractivity contribution >= 4 is 11.6 Å². The van der Waals surface area contributed by atoms with Crippen molar-refractivity contribution in [3.05, 3.63) is 59.7 Å². The molecule has 0 aliphatic carbocycles. The van der Waals surface area contributed by atoms with Gasteiger partial charge in [-0.3, -0.25) is 4.79 Å². The van der Waals surface area contributed by atoms with Crippen molar-refractivity contribution < 1.29 is 9.53 Å². The third-order valence-electron chi connectivity index (χ3n) is 3.57. The van der Waals surface area contributed by atoms with Crippen LogP contribution in [0, 0.1) is 11.3 Å². The molecular formula is C20H22N2O2. The Morgan fingerprint density at radius 2 is 1.79 bits per heavy atom. The Morgan fingerprint density at radius 3 is 2.42 bits per heavy atom. The molecule has 0 saturated carbocycles. The molecule has 2 aromatic carbocycles. The molecule has 1 amide bonds. The van der Waals surface area contributed by atoms with Crippen molar-refractivity contribution in [3.63, 3.8) is 0 Å². The SMILES string of the molecule is CC(C)(C)c1ccccc1OCC(=O)Nc1ccc(CC#N)cc1. The van der Waals surface area contributed by atoms with E-state index < -0.39 is 0 Å². The number of hydrogen-bond donors (Lipinski definition) is 1. The van der Waals surface area contributed by atoms with E-state index in [4.69, 9.17) is 10.00 Å². The molecule has 1 N–H and O–H groups in total. The van der Waals surface area contributed by atoms with Gasteiger partial charge in [0.2, 0.25) is 0 Å². The topological polar surface area (TPSA) is 62.1 Å². The van der Waals surface area contributed by atoms with Crippen LogP contribution in [-0.4, -0.2) is 12.5 Å². The number of nitriles is 1. The average Bonchev–Trinajstić information content (AvgIpc) is 2.54. The lowest BCUT2D eigenvalue weighted by Crippen LogP contribution is -2.21. The van der Waals surface area contributed by atoms with Crippen LogP contribution in [0.25, 0.3) is 0 Å². The minimum Gasteiger partial charge on any atom is -0.483 e. The minimum atomic E-state index is -0.216. The highest BCUT2D eigenvalue weighted by atomic mass is 16.5. The van der Waals surface area contributed by atoms with E-state index in [2.05, 4.69) is 32.2 Å². The first-order valence-corrected chi connectivity index (χ1v) is 7.88. The quantitative estimate of drug-likeness (QED) is 0.902. The van der Waals surface area contributed by atoms with Gasteiger partial charge in [0.25, 0.3) is 5.91 Å². The van der Waals surface area contributed by atoms with E-state index in [9.17, 15) is 4.79 Å². The van der Waals surface area contributed by atoms with Crippen LogP contribution in [-0.2, 0) is 16.6 Å². The second kappa shape index (κ2) is 7.65. The molecule has 2 rings (SSSR count). The fraction of sp³-hybridized carbons (Fsp3) is 0.300. The number of carbonyl (C=O) groups excluding carboxylic acids is 1. The molecule has 0 unspecified atom stereocenters. The lowest BCUT2D eigenvalue weighted by atomic mass is 9.86. The zero-order valence-electron chi connectivity index (χ0n) is 14.3. The first kappa shape index (κ1) is 17.6. The zero-order valence-corrected chi connectivity index (χ0v) is 14.3. The summed E-state index contributed by atoms with van der Waals surface area (Å²) < 4.78 is 5.70. The van der Waals surface area contributed by atoms with Gasteiger partial charge in [-0.05, 0) is 34.7 Å². The molecular weight excluding hydrogens is 300 g/mol. The molecule has 0 saturated heterocycles. The Kier molecular flexibility index (Phi) is 5.59. The molecule has 0 atom stereocenters. The summed E-state index contributed by atoms with van der Waals surface area (Å²) in [6.07, 6.45) is 0.362. The van der Waals surface area contributed by atoms with E-state index in [-0.39, 0.29) is 17.9 Å². The Labute approximate surface area is 143 Å². The maximum absolute atomic E-state index is 12.1.